The standard InChI is InChI=1S/C16H19NO3/c18-13-7-3-2-6-12(13)11-17-14(19)10-16(15(17)20)8-4-1-5-9-16/h2-3,6-7,18H,1,4-5,8-11H2. The highest BCUT2D eigenvalue weighted by Gasteiger charge is 2.51. The average molecular weight is 273 g/mol. The van der Waals surface area contributed by atoms with E-state index in [1.165, 1.54) is 4.90 Å². The Labute approximate surface area is 118 Å². The first-order valence-electron chi connectivity index (χ1n) is 7.24. The average Bonchev–Trinajstić information content (AvgIpc) is 2.66. The Morgan fingerprint density at radius 1 is 1.10 bits per heavy atom. The Morgan fingerprint density at radius 3 is 2.50 bits per heavy atom. The fourth-order valence-electron chi connectivity index (χ4n) is 3.45. The van der Waals surface area contributed by atoms with Crippen LogP contribution >= 0.6 is 0 Å². The van der Waals surface area contributed by atoms with Crippen LogP contribution in [0.2, 0.25) is 0 Å². The van der Waals surface area contributed by atoms with Crippen LogP contribution in [0.1, 0.15) is 44.1 Å². The summed E-state index contributed by atoms with van der Waals surface area (Å²) in [5.41, 5.74) is 0.182. The third kappa shape index (κ3) is 2.09. The zero-order chi connectivity index (χ0) is 14.2. The van der Waals surface area contributed by atoms with Gasteiger partial charge in [0.25, 0.3) is 0 Å². The molecule has 106 valence electrons. The fourth-order valence-corrected chi connectivity index (χ4v) is 3.45. The summed E-state index contributed by atoms with van der Waals surface area (Å²) in [5.74, 6) is 0.00306. The molecule has 0 bridgehead atoms. The van der Waals surface area contributed by atoms with Gasteiger partial charge in [0.1, 0.15) is 5.75 Å². The van der Waals surface area contributed by atoms with Crippen LogP contribution in [0.25, 0.3) is 0 Å². The summed E-state index contributed by atoms with van der Waals surface area (Å²) in [6.45, 7) is 0.187. The van der Waals surface area contributed by atoms with Crippen LogP contribution in [0.5, 0.6) is 5.75 Å². The Hall–Kier alpha value is -1.84. The quantitative estimate of drug-likeness (QED) is 0.843. The van der Waals surface area contributed by atoms with Gasteiger partial charge in [-0.15, -0.1) is 0 Å². The molecule has 0 radical (unpaired) electrons. The van der Waals surface area contributed by atoms with Crippen molar-refractivity contribution in [1.29, 1.82) is 0 Å². The summed E-state index contributed by atoms with van der Waals surface area (Å²) in [4.78, 5) is 26.2. The first kappa shape index (κ1) is 13.2. The number of nitrogens with zero attached hydrogens (tertiary/aromatic N) is 1. The molecule has 1 saturated heterocycles. The third-order valence-corrected chi connectivity index (χ3v) is 4.62. The Balaban J connectivity index is 1.82. The van der Waals surface area contributed by atoms with Crippen LogP contribution in [-0.4, -0.2) is 21.8 Å². The van der Waals surface area contributed by atoms with Crippen LogP contribution in [0.3, 0.4) is 0 Å². The van der Waals surface area contributed by atoms with Crippen molar-refractivity contribution in [2.45, 2.75) is 45.1 Å². The SMILES string of the molecule is O=C1CC2(CCCCC2)C(=O)N1Cc1ccccc1O. The molecule has 1 aliphatic heterocycles. The number of hydrogen-bond acceptors (Lipinski definition) is 3. The molecule has 2 aliphatic rings. The summed E-state index contributed by atoms with van der Waals surface area (Å²) < 4.78 is 0. The van der Waals surface area contributed by atoms with Crippen LogP contribution < -0.4 is 0 Å². The molecule has 1 N–H and O–H groups in total. The third-order valence-electron chi connectivity index (χ3n) is 4.62. The first-order chi connectivity index (χ1) is 9.62. The van der Waals surface area contributed by atoms with E-state index in [0.717, 1.165) is 32.1 Å². The maximum Gasteiger partial charge on any atom is 0.236 e. The van der Waals surface area contributed by atoms with Crippen LogP contribution in [0.4, 0.5) is 0 Å². The molecule has 3 rings (SSSR count). The molecule has 4 nitrogen and oxygen atoms in total. The van der Waals surface area contributed by atoms with Crippen molar-refractivity contribution in [1.82, 2.24) is 4.90 Å². The van der Waals surface area contributed by atoms with Gasteiger partial charge in [-0.3, -0.25) is 14.5 Å². The van der Waals surface area contributed by atoms with Gasteiger partial charge in [0.05, 0.1) is 12.0 Å². The number of hydrogen-bond donors (Lipinski definition) is 1. The summed E-state index contributed by atoms with van der Waals surface area (Å²) in [6.07, 6.45) is 5.22. The summed E-state index contributed by atoms with van der Waals surface area (Å²) >= 11 is 0. The molecule has 20 heavy (non-hydrogen) atoms. The topological polar surface area (TPSA) is 57.6 Å². The number of likely N-dealkylation sites (tertiary alicyclic amines) is 1. The van der Waals surface area contributed by atoms with Gasteiger partial charge < -0.3 is 5.11 Å². The van der Waals surface area contributed by atoms with Gasteiger partial charge in [0, 0.05) is 12.0 Å². The van der Waals surface area contributed by atoms with E-state index in [-0.39, 0.29) is 24.1 Å². The number of amides is 2. The minimum Gasteiger partial charge on any atom is -0.508 e. The molecule has 1 spiro atoms. The number of phenols is 1. The molecule has 2 amide bonds. The van der Waals surface area contributed by atoms with E-state index in [1.54, 1.807) is 24.3 Å². The van der Waals surface area contributed by atoms with Crippen LogP contribution in [0.15, 0.2) is 24.3 Å². The van der Waals surface area contributed by atoms with Crippen molar-refractivity contribution in [3.63, 3.8) is 0 Å². The molecule has 1 aromatic rings. The summed E-state index contributed by atoms with van der Waals surface area (Å²) in [5, 5.41) is 9.80. The molecule has 0 atom stereocenters. The highest BCUT2D eigenvalue weighted by Crippen LogP contribution is 2.45. The van der Waals surface area contributed by atoms with Crippen molar-refractivity contribution in [3.8, 4) is 5.75 Å². The molecule has 2 fully saturated rings. The van der Waals surface area contributed by atoms with Gasteiger partial charge in [0.15, 0.2) is 0 Å². The molecule has 1 aromatic carbocycles. The highest BCUT2D eigenvalue weighted by molar-refractivity contribution is 6.05. The lowest BCUT2D eigenvalue weighted by Gasteiger charge is -2.30. The van der Waals surface area contributed by atoms with Crippen molar-refractivity contribution in [3.05, 3.63) is 29.8 Å². The van der Waals surface area contributed by atoms with Gasteiger partial charge in [0.2, 0.25) is 11.8 Å². The molecule has 4 heteroatoms. The number of benzene rings is 1. The van der Waals surface area contributed by atoms with Gasteiger partial charge in [-0.2, -0.15) is 0 Å². The number of para-hydroxylation sites is 1. The van der Waals surface area contributed by atoms with E-state index >= 15 is 0 Å². The van der Waals surface area contributed by atoms with Crippen molar-refractivity contribution < 1.29 is 14.7 Å². The Kier molecular flexibility index (Phi) is 3.24. The smallest absolute Gasteiger partial charge is 0.236 e. The van der Waals surface area contributed by atoms with Crippen molar-refractivity contribution in [2.24, 2.45) is 5.41 Å². The normalized spacial score (nSPS) is 21.7. The lowest BCUT2D eigenvalue weighted by Crippen LogP contribution is -2.36. The number of rotatable bonds is 2. The zero-order valence-corrected chi connectivity index (χ0v) is 11.5. The van der Waals surface area contributed by atoms with E-state index in [2.05, 4.69) is 0 Å². The summed E-state index contributed by atoms with van der Waals surface area (Å²) in [6, 6.07) is 6.87. The van der Waals surface area contributed by atoms with Gasteiger partial charge >= 0.3 is 0 Å². The van der Waals surface area contributed by atoms with E-state index in [4.69, 9.17) is 0 Å². The van der Waals surface area contributed by atoms with E-state index in [0.29, 0.717) is 12.0 Å². The number of phenolic OH excluding ortho intramolecular Hbond substituents is 1. The van der Waals surface area contributed by atoms with Crippen LogP contribution in [0, 0.1) is 5.41 Å². The predicted octanol–water partition coefficient (Wildman–Crippen LogP) is 2.60. The van der Waals surface area contributed by atoms with E-state index in [1.807, 2.05) is 0 Å². The maximum absolute atomic E-state index is 12.6. The van der Waals surface area contributed by atoms with E-state index < -0.39 is 5.41 Å². The van der Waals surface area contributed by atoms with Gasteiger partial charge in [-0.25, -0.2) is 0 Å². The lowest BCUT2D eigenvalue weighted by molar-refractivity contribution is -0.142. The minimum atomic E-state index is -0.445. The van der Waals surface area contributed by atoms with Crippen molar-refractivity contribution in [2.75, 3.05) is 0 Å². The largest absolute Gasteiger partial charge is 0.508 e. The zero-order valence-electron chi connectivity index (χ0n) is 11.5. The van der Waals surface area contributed by atoms with Gasteiger partial charge in [-0.05, 0) is 18.9 Å². The molecular weight excluding hydrogens is 254 g/mol. The second-order valence-corrected chi connectivity index (χ2v) is 5.93. The monoisotopic (exact) mass is 273 g/mol. The highest BCUT2D eigenvalue weighted by atomic mass is 16.3. The van der Waals surface area contributed by atoms with Crippen molar-refractivity contribution >= 4 is 11.8 Å². The first-order valence-corrected chi connectivity index (χ1v) is 7.24. The molecular formula is C16H19NO3. The maximum atomic E-state index is 12.6. The van der Waals surface area contributed by atoms with E-state index in [9.17, 15) is 14.7 Å². The fraction of sp³-hybridized carbons (Fsp3) is 0.500. The molecule has 0 aromatic heterocycles. The molecule has 0 unspecified atom stereocenters. The molecule has 1 saturated carbocycles. The Bertz CT molecular complexity index is 546. The lowest BCUT2D eigenvalue weighted by atomic mass is 9.73. The number of carbonyl (C=O) groups excluding carboxylic acids is 2. The second kappa shape index (κ2) is 4.93. The van der Waals surface area contributed by atoms with Gasteiger partial charge in [-0.1, -0.05) is 37.5 Å². The number of aromatic hydroxyl groups is 1. The number of imide groups is 1. The molecule has 1 heterocycles. The molecule has 1 aliphatic carbocycles. The van der Waals surface area contributed by atoms with Crippen LogP contribution in [-0.2, 0) is 16.1 Å². The predicted molar refractivity (Wildman–Crippen MR) is 73.8 cm³/mol. The second-order valence-electron chi connectivity index (χ2n) is 5.93. The minimum absolute atomic E-state index is 0.0366. The number of carbonyl (C=O) groups is 2. The summed E-state index contributed by atoms with van der Waals surface area (Å²) in [7, 11) is 0. The Morgan fingerprint density at radius 2 is 1.80 bits per heavy atom.